The van der Waals surface area contributed by atoms with Gasteiger partial charge in [0, 0.05) is 23.0 Å². The van der Waals surface area contributed by atoms with Gasteiger partial charge in [-0.3, -0.25) is 14.2 Å². The van der Waals surface area contributed by atoms with Crippen molar-refractivity contribution in [1.29, 1.82) is 0 Å². The Bertz CT molecular complexity index is 1220. The van der Waals surface area contributed by atoms with E-state index in [2.05, 4.69) is 4.98 Å². The van der Waals surface area contributed by atoms with E-state index in [1.165, 1.54) is 22.2 Å². The normalized spacial score (nSPS) is 19.0. The molecule has 9 heteroatoms. The zero-order valence-electron chi connectivity index (χ0n) is 15.0. The molecule has 27 heavy (non-hydrogen) atoms. The average Bonchev–Trinajstić information content (AvgIpc) is 3.28. The molecule has 1 saturated heterocycles. The molecule has 142 valence electrons. The second kappa shape index (κ2) is 6.42. The van der Waals surface area contributed by atoms with Crippen LogP contribution >= 0.6 is 11.3 Å². The SMILES string of the molecule is Cc1cc(C(=O)Cn2cnc3sccc3c2=O)c(C)n1[C@H]1CCS(=O)(=O)C1. The number of carbonyl (C=O) groups excluding carboxylic acids is 1. The van der Waals surface area contributed by atoms with Gasteiger partial charge in [0.1, 0.15) is 4.83 Å². The number of rotatable bonds is 4. The second-order valence-electron chi connectivity index (χ2n) is 6.95. The Morgan fingerprint density at radius 1 is 1.37 bits per heavy atom. The molecule has 3 aromatic heterocycles. The Morgan fingerprint density at radius 3 is 2.85 bits per heavy atom. The Hall–Kier alpha value is -2.26. The molecule has 0 aromatic carbocycles. The molecule has 1 aliphatic rings. The van der Waals surface area contributed by atoms with E-state index in [1.807, 2.05) is 18.4 Å². The summed E-state index contributed by atoms with van der Waals surface area (Å²) < 4.78 is 26.9. The number of aryl methyl sites for hydroxylation is 1. The quantitative estimate of drug-likeness (QED) is 0.620. The highest BCUT2D eigenvalue weighted by molar-refractivity contribution is 7.91. The number of thiophene rings is 1. The molecule has 0 amide bonds. The number of carbonyl (C=O) groups is 1. The Morgan fingerprint density at radius 2 is 2.15 bits per heavy atom. The summed E-state index contributed by atoms with van der Waals surface area (Å²) in [6.07, 6.45) is 1.96. The van der Waals surface area contributed by atoms with Crippen LogP contribution in [0.2, 0.25) is 0 Å². The van der Waals surface area contributed by atoms with Crippen LogP contribution in [0, 0.1) is 13.8 Å². The summed E-state index contributed by atoms with van der Waals surface area (Å²) in [5, 5.41) is 2.31. The average molecular weight is 406 g/mol. The van der Waals surface area contributed by atoms with E-state index in [1.54, 1.807) is 17.5 Å². The van der Waals surface area contributed by atoms with E-state index >= 15 is 0 Å². The monoisotopic (exact) mass is 405 g/mol. The lowest BCUT2D eigenvalue weighted by atomic mass is 10.1. The van der Waals surface area contributed by atoms with Gasteiger partial charge in [-0.25, -0.2) is 13.4 Å². The summed E-state index contributed by atoms with van der Waals surface area (Å²) in [6.45, 7) is 3.61. The lowest BCUT2D eigenvalue weighted by molar-refractivity contribution is 0.0970. The standard InChI is InChI=1S/C18H19N3O4S2/c1-11-7-15(12(2)21(11)13-4-6-27(24,25)9-13)16(22)8-20-10-19-17-14(18(20)23)3-5-26-17/h3,5,7,10,13H,4,6,8-9H2,1-2H3/t13-/m0/s1. The molecular formula is C18H19N3O4S2. The van der Waals surface area contributed by atoms with E-state index in [0.29, 0.717) is 22.2 Å². The first-order valence-corrected chi connectivity index (χ1v) is 11.3. The van der Waals surface area contributed by atoms with Crippen LogP contribution in [0.25, 0.3) is 10.2 Å². The molecule has 0 bridgehead atoms. The highest BCUT2D eigenvalue weighted by Crippen LogP contribution is 2.29. The number of hydrogen-bond donors (Lipinski definition) is 0. The molecule has 0 unspecified atom stereocenters. The topological polar surface area (TPSA) is 91.0 Å². The molecule has 1 aliphatic heterocycles. The van der Waals surface area contributed by atoms with Crippen LogP contribution in [-0.4, -0.2) is 39.8 Å². The number of nitrogens with zero attached hydrogens (tertiary/aromatic N) is 3. The number of ketones is 1. The van der Waals surface area contributed by atoms with Crippen LogP contribution < -0.4 is 5.56 Å². The van der Waals surface area contributed by atoms with E-state index in [4.69, 9.17) is 0 Å². The van der Waals surface area contributed by atoms with Crippen molar-refractivity contribution in [2.24, 2.45) is 0 Å². The third-order valence-corrected chi connectivity index (χ3v) is 7.69. The Kier molecular flexibility index (Phi) is 4.31. The van der Waals surface area contributed by atoms with Gasteiger partial charge >= 0.3 is 0 Å². The second-order valence-corrected chi connectivity index (χ2v) is 10.1. The van der Waals surface area contributed by atoms with Crippen molar-refractivity contribution in [2.75, 3.05) is 11.5 Å². The minimum atomic E-state index is -3.02. The fourth-order valence-corrected chi connectivity index (χ4v) is 6.27. The largest absolute Gasteiger partial charge is 0.344 e. The summed E-state index contributed by atoms with van der Waals surface area (Å²) in [5.41, 5.74) is 1.90. The number of fused-ring (bicyclic) bond motifs is 1. The first-order chi connectivity index (χ1) is 12.8. The van der Waals surface area contributed by atoms with Crippen molar-refractivity contribution in [1.82, 2.24) is 14.1 Å². The van der Waals surface area contributed by atoms with E-state index in [-0.39, 0.29) is 35.4 Å². The molecule has 0 spiro atoms. The third kappa shape index (κ3) is 3.14. The number of aromatic nitrogens is 3. The lowest BCUT2D eigenvalue weighted by Gasteiger charge is -2.16. The maximum absolute atomic E-state index is 12.9. The molecule has 0 radical (unpaired) electrons. The van der Waals surface area contributed by atoms with E-state index in [0.717, 1.165) is 11.4 Å². The Labute approximate surface area is 160 Å². The van der Waals surface area contributed by atoms with Crippen molar-refractivity contribution in [3.63, 3.8) is 0 Å². The molecule has 0 saturated carbocycles. The maximum atomic E-state index is 12.9. The van der Waals surface area contributed by atoms with Crippen LogP contribution in [0.4, 0.5) is 0 Å². The first-order valence-electron chi connectivity index (χ1n) is 8.61. The predicted octanol–water partition coefficient (Wildman–Crippen LogP) is 2.12. The van der Waals surface area contributed by atoms with Crippen molar-refractivity contribution < 1.29 is 13.2 Å². The van der Waals surface area contributed by atoms with Gasteiger partial charge in [-0.15, -0.1) is 11.3 Å². The molecule has 0 aliphatic carbocycles. The van der Waals surface area contributed by atoms with Crippen LogP contribution in [-0.2, 0) is 16.4 Å². The molecule has 4 heterocycles. The van der Waals surface area contributed by atoms with Crippen LogP contribution in [0.15, 0.2) is 28.6 Å². The third-order valence-electron chi connectivity index (χ3n) is 5.12. The van der Waals surface area contributed by atoms with Crippen molar-refractivity contribution in [3.8, 4) is 0 Å². The predicted molar refractivity (Wildman–Crippen MR) is 104 cm³/mol. The number of sulfone groups is 1. The fourth-order valence-electron chi connectivity index (χ4n) is 3.85. The summed E-state index contributed by atoms with van der Waals surface area (Å²) in [5.74, 6) is 0.100. The summed E-state index contributed by atoms with van der Waals surface area (Å²) in [4.78, 5) is 30.2. The van der Waals surface area contributed by atoms with E-state index in [9.17, 15) is 18.0 Å². The zero-order chi connectivity index (χ0) is 19.3. The first kappa shape index (κ1) is 18.1. The zero-order valence-corrected chi connectivity index (χ0v) is 16.6. The minimum absolute atomic E-state index is 0.0924. The summed E-state index contributed by atoms with van der Waals surface area (Å²) >= 11 is 1.39. The van der Waals surface area contributed by atoms with Crippen LogP contribution in [0.1, 0.15) is 34.2 Å². The summed E-state index contributed by atoms with van der Waals surface area (Å²) in [6, 6.07) is 3.36. The highest BCUT2D eigenvalue weighted by Gasteiger charge is 2.31. The van der Waals surface area contributed by atoms with Crippen molar-refractivity contribution >= 4 is 37.2 Å². The van der Waals surface area contributed by atoms with Gasteiger partial charge in [0.15, 0.2) is 15.6 Å². The molecule has 1 atom stereocenters. The molecule has 0 N–H and O–H groups in total. The van der Waals surface area contributed by atoms with Gasteiger partial charge in [0.25, 0.3) is 5.56 Å². The molecule has 3 aromatic rings. The minimum Gasteiger partial charge on any atom is -0.344 e. The number of Topliss-reactive ketones (excluding diaryl/α,β-unsaturated/α-hetero) is 1. The molecule has 4 rings (SSSR count). The fraction of sp³-hybridized carbons (Fsp3) is 0.389. The lowest BCUT2D eigenvalue weighted by Crippen LogP contribution is -2.24. The van der Waals surface area contributed by atoms with Crippen LogP contribution in [0.3, 0.4) is 0 Å². The highest BCUT2D eigenvalue weighted by atomic mass is 32.2. The van der Waals surface area contributed by atoms with E-state index < -0.39 is 9.84 Å². The maximum Gasteiger partial charge on any atom is 0.262 e. The van der Waals surface area contributed by atoms with Gasteiger partial charge in [0.05, 0.1) is 29.8 Å². The smallest absolute Gasteiger partial charge is 0.262 e. The summed E-state index contributed by atoms with van der Waals surface area (Å²) in [7, 11) is -3.02. The van der Waals surface area contributed by atoms with Gasteiger partial charge in [0.2, 0.25) is 0 Å². The van der Waals surface area contributed by atoms with Crippen molar-refractivity contribution in [2.45, 2.75) is 32.9 Å². The van der Waals surface area contributed by atoms with Gasteiger partial charge in [-0.2, -0.15) is 0 Å². The molecular weight excluding hydrogens is 386 g/mol. The number of hydrogen-bond acceptors (Lipinski definition) is 6. The molecule has 1 fully saturated rings. The van der Waals surface area contributed by atoms with Crippen molar-refractivity contribution in [3.05, 3.63) is 51.1 Å². The molecule has 7 nitrogen and oxygen atoms in total. The van der Waals surface area contributed by atoms with Crippen LogP contribution in [0.5, 0.6) is 0 Å². The van der Waals surface area contributed by atoms with Gasteiger partial charge < -0.3 is 4.57 Å². The van der Waals surface area contributed by atoms with Gasteiger partial charge in [-0.1, -0.05) is 0 Å². The van der Waals surface area contributed by atoms with Gasteiger partial charge in [-0.05, 0) is 37.8 Å². The Balaban J connectivity index is 1.65.